The molecular formula is C18H38IN3O3. The first kappa shape index (κ1) is 24.9. The van der Waals surface area contributed by atoms with Crippen LogP contribution in [0.5, 0.6) is 0 Å². The quantitative estimate of drug-likeness (QED) is 0.198. The molecule has 0 bridgehead atoms. The maximum atomic E-state index is 9.20. The number of aliphatic hydroxyl groups excluding tert-OH is 1. The third kappa shape index (κ3) is 10.6. The number of halogens is 1. The third-order valence-corrected chi connectivity index (χ3v) is 4.44. The van der Waals surface area contributed by atoms with Crippen molar-refractivity contribution in [2.75, 3.05) is 59.7 Å². The number of guanidine groups is 1. The summed E-state index contributed by atoms with van der Waals surface area (Å²) in [5.74, 6) is 2.05. The Hall–Kier alpha value is -0.120. The van der Waals surface area contributed by atoms with Gasteiger partial charge < -0.3 is 24.8 Å². The molecule has 1 aliphatic rings. The summed E-state index contributed by atoms with van der Waals surface area (Å²) in [4.78, 5) is 7.18. The van der Waals surface area contributed by atoms with Crippen molar-refractivity contribution in [2.24, 2.45) is 16.8 Å². The molecule has 25 heavy (non-hydrogen) atoms. The number of rotatable bonds is 12. The van der Waals surface area contributed by atoms with Gasteiger partial charge in [-0.3, -0.25) is 4.99 Å². The summed E-state index contributed by atoms with van der Waals surface area (Å²) in [5, 5.41) is 12.6. The van der Waals surface area contributed by atoms with Crippen LogP contribution >= 0.6 is 24.0 Å². The van der Waals surface area contributed by atoms with E-state index in [1.165, 1.54) is 0 Å². The van der Waals surface area contributed by atoms with Crippen molar-refractivity contribution >= 4 is 29.9 Å². The number of ether oxygens (including phenoxy) is 2. The van der Waals surface area contributed by atoms with E-state index >= 15 is 0 Å². The molecule has 2 atom stereocenters. The number of aliphatic hydroxyl groups is 1. The summed E-state index contributed by atoms with van der Waals surface area (Å²) in [6.07, 6.45) is 4.25. The van der Waals surface area contributed by atoms with E-state index in [-0.39, 0.29) is 30.6 Å². The van der Waals surface area contributed by atoms with Crippen LogP contribution in [-0.2, 0) is 9.47 Å². The highest BCUT2D eigenvalue weighted by Crippen LogP contribution is 2.17. The first-order valence-electron chi connectivity index (χ1n) is 9.45. The maximum absolute atomic E-state index is 9.20. The van der Waals surface area contributed by atoms with Crippen LogP contribution in [0.15, 0.2) is 4.99 Å². The summed E-state index contributed by atoms with van der Waals surface area (Å²) >= 11 is 0. The largest absolute Gasteiger partial charge is 0.396 e. The second-order valence-electron chi connectivity index (χ2n) is 6.53. The van der Waals surface area contributed by atoms with E-state index in [2.05, 4.69) is 24.1 Å². The molecule has 0 aromatic heterocycles. The average Bonchev–Trinajstić information content (AvgIpc) is 3.04. The van der Waals surface area contributed by atoms with E-state index in [1.807, 2.05) is 0 Å². The van der Waals surface area contributed by atoms with Crippen LogP contribution in [0.2, 0.25) is 0 Å². The average molecular weight is 471 g/mol. The van der Waals surface area contributed by atoms with Crippen molar-refractivity contribution in [2.45, 2.75) is 39.5 Å². The summed E-state index contributed by atoms with van der Waals surface area (Å²) in [7, 11) is 1.70. The number of nitrogens with one attached hydrogen (secondary N) is 1. The Balaban J connectivity index is 0.00000576. The summed E-state index contributed by atoms with van der Waals surface area (Å²) < 4.78 is 10.7. The smallest absolute Gasteiger partial charge is 0.193 e. The van der Waals surface area contributed by atoms with Crippen LogP contribution < -0.4 is 5.32 Å². The molecule has 0 amide bonds. The number of nitrogens with zero attached hydrogens (tertiary/aromatic N) is 2. The Bertz CT molecular complexity index is 340. The highest BCUT2D eigenvalue weighted by molar-refractivity contribution is 14.0. The molecular weight excluding hydrogens is 433 g/mol. The Labute approximate surface area is 170 Å². The molecule has 1 saturated heterocycles. The molecule has 0 aromatic carbocycles. The second kappa shape index (κ2) is 16.1. The van der Waals surface area contributed by atoms with E-state index < -0.39 is 0 Å². The number of hydrogen-bond donors (Lipinski definition) is 2. The fourth-order valence-electron chi connectivity index (χ4n) is 3.11. The molecule has 0 saturated carbocycles. The highest BCUT2D eigenvalue weighted by Gasteiger charge is 2.25. The van der Waals surface area contributed by atoms with E-state index in [0.29, 0.717) is 25.0 Å². The summed E-state index contributed by atoms with van der Waals surface area (Å²) in [6.45, 7) is 10.4. The van der Waals surface area contributed by atoms with Gasteiger partial charge >= 0.3 is 0 Å². The lowest BCUT2D eigenvalue weighted by Crippen LogP contribution is -2.40. The molecule has 0 spiro atoms. The standard InChI is InChI=1S/C18H37N3O3.HI/c1-4-6-16(8-10-22)13-20-18(19-5-2)21-9-7-17(14-21)15-24-12-11-23-3;/h16-17,22H,4-15H2,1-3H3,(H,19,20);1H. The molecule has 7 heteroatoms. The molecule has 150 valence electrons. The van der Waals surface area contributed by atoms with E-state index in [0.717, 1.165) is 64.4 Å². The minimum atomic E-state index is 0. The molecule has 0 aromatic rings. The van der Waals surface area contributed by atoms with Crippen LogP contribution in [0.1, 0.15) is 39.5 Å². The van der Waals surface area contributed by atoms with Gasteiger partial charge in [-0.15, -0.1) is 24.0 Å². The van der Waals surface area contributed by atoms with Gasteiger partial charge in [-0.05, 0) is 32.1 Å². The van der Waals surface area contributed by atoms with Gasteiger partial charge in [0.1, 0.15) is 0 Å². The van der Waals surface area contributed by atoms with Gasteiger partial charge in [0.2, 0.25) is 0 Å². The van der Waals surface area contributed by atoms with Gasteiger partial charge in [-0.2, -0.15) is 0 Å². The zero-order chi connectivity index (χ0) is 17.6. The van der Waals surface area contributed by atoms with Crippen LogP contribution in [0.3, 0.4) is 0 Å². The molecule has 1 rings (SSSR count). The predicted octanol–water partition coefficient (Wildman–Crippen LogP) is 2.35. The molecule has 1 aliphatic heterocycles. The van der Waals surface area contributed by atoms with Gasteiger partial charge in [0.15, 0.2) is 5.96 Å². The van der Waals surface area contributed by atoms with E-state index in [1.54, 1.807) is 7.11 Å². The van der Waals surface area contributed by atoms with Gasteiger partial charge in [0, 0.05) is 45.8 Å². The lowest BCUT2D eigenvalue weighted by Gasteiger charge is -2.23. The normalized spacial score (nSPS) is 19.0. The van der Waals surface area contributed by atoms with Gasteiger partial charge in [-0.1, -0.05) is 13.3 Å². The van der Waals surface area contributed by atoms with Crippen molar-refractivity contribution < 1.29 is 14.6 Å². The molecule has 1 fully saturated rings. The van der Waals surface area contributed by atoms with Gasteiger partial charge in [-0.25, -0.2) is 0 Å². The molecule has 0 radical (unpaired) electrons. The Morgan fingerprint density at radius 1 is 1.32 bits per heavy atom. The van der Waals surface area contributed by atoms with E-state index in [4.69, 9.17) is 14.5 Å². The number of methoxy groups -OCH3 is 1. The number of aliphatic imine (C=N–C) groups is 1. The predicted molar refractivity (Wildman–Crippen MR) is 114 cm³/mol. The number of hydrogen-bond acceptors (Lipinski definition) is 4. The Morgan fingerprint density at radius 3 is 2.76 bits per heavy atom. The first-order chi connectivity index (χ1) is 11.7. The molecule has 2 N–H and O–H groups in total. The zero-order valence-corrected chi connectivity index (χ0v) is 18.5. The van der Waals surface area contributed by atoms with Gasteiger partial charge in [0.25, 0.3) is 0 Å². The lowest BCUT2D eigenvalue weighted by atomic mass is 10.0. The zero-order valence-electron chi connectivity index (χ0n) is 16.2. The fourth-order valence-corrected chi connectivity index (χ4v) is 3.11. The lowest BCUT2D eigenvalue weighted by molar-refractivity contribution is 0.0536. The molecule has 0 aliphatic carbocycles. The molecule has 6 nitrogen and oxygen atoms in total. The Morgan fingerprint density at radius 2 is 2.12 bits per heavy atom. The SMILES string of the molecule is CCCC(CCO)CN=C(NCC)N1CCC(COCCOC)C1.I. The van der Waals surface area contributed by atoms with Crippen molar-refractivity contribution in [1.82, 2.24) is 10.2 Å². The van der Waals surface area contributed by atoms with Crippen molar-refractivity contribution in [3.8, 4) is 0 Å². The monoisotopic (exact) mass is 471 g/mol. The maximum Gasteiger partial charge on any atom is 0.193 e. The van der Waals surface area contributed by atoms with Gasteiger partial charge in [0.05, 0.1) is 19.8 Å². The van der Waals surface area contributed by atoms with Crippen molar-refractivity contribution in [3.63, 3.8) is 0 Å². The molecule has 2 unspecified atom stereocenters. The first-order valence-corrected chi connectivity index (χ1v) is 9.45. The fraction of sp³-hybridized carbons (Fsp3) is 0.944. The number of likely N-dealkylation sites (tertiary alicyclic amines) is 1. The van der Waals surface area contributed by atoms with Crippen molar-refractivity contribution in [3.05, 3.63) is 0 Å². The summed E-state index contributed by atoms with van der Waals surface area (Å²) in [5.41, 5.74) is 0. The molecule has 1 heterocycles. The third-order valence-electron chi connectivity index (χ3n) is 4.44. The minimum absolute atomic E-state index is 0. The highest BCUT2D eigenvalue weighted by atomic mass is 127. The van der Waals surface area contributed by atoms with Crippen LogP contribution in [0, 0.1) is 11.8 Å². The topological polar surface area (TPSA) is 66.3 Å². The van der Waals surface area contributed by atoms with E-state index in [9.17, 15) is 5.11 Å². The van der Waals surface area contributed by atoms with Crippen molar-refractivity contribution in [1.29, 1.82) is 0 Å². The minimum Gasteiger partial charge on any atom is -0.396 e. The van der Waals surface area contributed by atoms with Crippen LogP contribution in [-0.4, -0.2) is 75.7 Å². The van der Waals surface area contributed by atoms with Crippen LogP contribution in [0.4, 0.5) is 0 Å². The van der Waals surface area contributed by atoms with Crippen LogP contribution in [0.25, 0.3) is 0 Å². The summed E-state index contributed by atoms with van der Waals surface area (Å²) in [6, 6.07) is 0. The Kier molecular flexibility index (Phi) is 16.0. The second-order valence-corrected chi connectivity index (χ2v) is 6.53.